The molecule has 1 rings (SSSR count). The number of aryl methyl sites for hydroxylation is 1. The van der Waals surface area contributed by atoms with Crippen LogP contribution in [0.1, 0.15) is 12.5 Å². The van der Waals surface area contributed by atoms with Crippen molar-refractivity contribution in [2.45, 2.75) is 13.8 Å². The maximum Gasteiger partial charge on any atom is 0.319 e. The van der Waals surface area contributed by atoms with Crippen molar-refractivity contribution in [1.29, 1.82) is 0 Å². The van der Waals surface area contributed by atoms with E-state index in [1.54, 1.807) is 6.07 Å². The van der Waals surface area contributed by atoms with Crippen LogP contribution in [0.4, 0.5) is 16.2 Å². The van der Waals surface area contributed by atoms with Crippen LogP contribution in [-0.2, 0) is 0 Å². The second kappa shape index (κ2) is 4.50. The van der Waals surface area contributed by atoms with Crippen molar-refractivity contribution in [2.75, 3.05) is 17.6 Å². The van der Waals surface area contributed by atoms with Crippen LogP contribution < -0.4 is 16.4 Å². The van der Waals surface area contributed by atoms with E-state index in [0.29, 0.717) is 17.9 Å². The van der Waals surface area contributed by atoms with Gasteiger partial charge in [-0.25, -0.2) is 4.79 Å². The number of rotatable bonds is 2. The van der Waals surface area contributed by atoms with Gasteiger partial charge in [-0.05, 0) is 25.5 Å². The number of amides is 2. The fourth-order valence-electron chi connectivity index (χ4n) is 1.18. The SMILES string of the molecule is CCNC(=O)Nc1c(C)cccc1N. The number of hydrogen-bond donors (Lipinski definition) is 3. The molecule has 1 aromatic carbocycles. The molecule has 0 aromatic heterocycles. The lowest BCUT2D eigenvalue weighted by Crippen LogP contribution is -2.28. The summed E-state index contributed by atoms with van der Waals surface area (Å²) in [5.74, 6) is 0. The van der Waals surface area contributed by atoms with Crippen LogP contribution in [0.3, 0.4) is 0 Å². The van der Waals surface area contributed by atoms with Gasteiger partial charge in [-0.2, -0.15) is 0 Å². The minimum Gasteiger partial charge on any atom is -0.397 e. The number of benzene rings is 1. The molecule has 0 aliphatic carbocycles. The normalized spacial score (nSPS) is 9.57. The Labute approximate surface area is 83.5 Å². The van der Waals surface area contributed by atoms with Gasteiger partial charge in [0.25, 0.3) is 0 Å². The summed E-state index contributed by atoms with van der Waals surface area (Å²) in [4.78, 5) is 11.2. The number of nitrogens with one attached hydrogen (secondary N) is 2. The zero-order chi connectivity index (χ0) is 10.6. The molecule has 4 N–H and O–H groups in total. The van der Waals surface area contributed by atoms with E-state index in [-0.39, 0.29) is 6.03 Å². The van der Waals surface area contributed by atoms with Crippen LogP contribution in [-0.4, -0.2) is 12.6 Å². The number of para-hydroxylation sites is 1. The molecule has 14 heavy (non-hydrogen) atoms. The minimum atomic E-state index is -0.228. The average Bonchev–Trinajstić information content (AvgIpc) is 2.12. The summed E-state index contributed by atoms with van der Waals surface area (Å²) < 4.78 is 0. The first-order chi connectivity index (χ1) is 6.65. The first-order valence-electron chi connectivity index (χ1n) is 4.55. The van der Waals surface area contributed by atoms with Crippen molar-refractivity contribution in [3.05, 3.63) is 23.8 Å². The highest BCUT2D eigenvalue weighted by Gasteiger charge is 2.05. The molecule has 0 saturated heterocycles. The molecule has 1 aromatic rings. The molecule has 0 aliphatic heterocycles. The highest BCUT2D eigenvalue weighted by molar-refractivity contribution is 5.93. The van der Waals surface area contributed by atoms with E-state index in [1.807, 2.05) is 26.0 Å². The average molecular weight is 193 g/mol. The second-order valence-electron chi connectivity index (χ2n) is 3.02. The third-order valence-corrected chi connectivity index (χ3v) is 1.88. The van der Waals surface area contributed by atoms with Crippen LogP contribution in [0.15, 0.2) is 18.2 Å². The number of carbonyl (C=O) groups is 1. The molecule has 0 heterocycles. The molecule has 4 nitrogen and oxygen atoms in total. The molecule has 0 bridgehead atoms. The molecule has 0 spiro atoms. The Balaban J connectivity index is 2.80. The molecule has 0 saturated carbocycles. The Hall–Kier alpha value is -1.71. The van der Waals surface area contributed by atoms with Crippen LogP contribution in [0.5, 0.6) is 0 Å². The Morgan fingerprint density at radius 1 is 1.50 bits per heavy atom. The molecule has 0 atom stereocenters. The second-order valence-corrected chi connectivity index (χ2v) is 3.02. The number of anilines is 2. The van der Waals surface area contributed by atoms with Crippen LogP contribution >= 0.6 is 0 Å². The standard InChI is InChI=1S/C10H15N3O/c1-3-12-10(14)13-9-7(2)5-4-6-8(9)11/h4-6H,3,11H2,1-2H3,(H2,12,13,14). The van der Waals surface area contributed by atoms with Crippen molar-refractivity contribution < 1.29 is 4.79 Å². The summed E-state index contributed by atoms with van der Waals surface area (Å²) >= 11 is 0. The molecular weight excluding hydrogens is 178 g/mol. The Kier molecular flexibility index (Phi) is 3.34. The van der Waals surface area contributed by atoms with Crippen molar-refractivity contribution in [3.8, 4) is 0 Å². The number of nitrogen functional groups attached to an aromatic ring is 1. The van der Waals surface area contributed by atoms with E-state index in [1.165, 1.54) is 0 Å². The van der Waals surface area contributed by atoms with Crippen molar-refractivity contribution in [2.24, 2.45) is 0 Å². The summed E-state index contributed by atoms with van der Waals surface area (Å²) in [5.41, 5.74) is 7.94. The lowest BCUT2D eigenvalue weighted by Gasteiger charge is -2.10. The third-order valence-electron chi connectivity index (χ3n) is 1.88. The fourth-order valence-corrected chi connectivity index (χ4v) is 1.18. The van der Waals surface area contributed by atoms with Gasteiger partial charge in [-0.15, -0.1) is 0 Å². The maximum absolute atomic E-state index is 11.2. The molecular formula is C10H15N3O. The largest absolute Gasteiger partial charge is 0.397 e. The Bertz CT molecular complexity index is 316. The van der Waals surface area contributed by atoms with Gasteiger partial charge < -0.3 is 16.4 Å². The summed E-state index contributed by atoms with van der Waals surface area (Å²) in [5, 5.41) is 5.35. The molecule has 0 fully saturated rings. The fraction of sp³-hybridized carbons (Fsp3) is 0.300. The third kappa shape index (κ3) is 2.39. The van der Waals surface area contributed by atoms with Gasteiger partial charge >= 0.3 is 6.03 Å². The van der Waals surface area contributed by atoms with Crippen molar-refractivity contribution >= 4 is 17.4 Å². The number of hydrogen-bond acceptors (Lipinski definition) is 2. The van der Waals surface area contributed by atoms with Crippen LogP contribution in [0.2, 0.25) is 0 Å². The Morgan fingerprint density at radius 2 is 2.21 bits per heavy atom. The molecule has 76 valence electrons. The molecule has 0 aliphatic rings. The lowest BCUT2D eigenvalue weighted by atomic mass is 10.2. The molecule has 0 unspecified atom stereocenters. The van der Waals surface area contributed by atoms with E-state index in [4.69, 9.17) is 5.73 Å². The van der Waals surface area contributed by atoms with Gasteiger partial charge in [0, 0.05) is 6.54 Å². The first-order valence-corrected chi connectivity index (χ1v) is 4.55. The molecule has 4 heteroatoms. The van der Waals surface area contributed by atoms with E-state index < -0.39 is 0 Å². The Morgan fingerprint density at radius 3 is 2.79 bits per heavy atom. The number of nitrogens with two attached hydrogens (primary N) is 1. The quantitative estimate of drug-likeness (QED) is 0.626. The zero-order valence-corrected chi connectivity index (χ0v) is 8.42. The van der Waals surface area contributed by atoms with Gasteiger partial charge in [0.05, 0.1) is 11.4 Å². The topological polar surface area (TPSA) is 67.2 Å². The predicted octanol–water partition coefficient (Wildman–Crippen LogP) is 1.72. The minimum absolute atomic E-state index is 0.228. The summed E-state index contributed by atoms with van der Waals surface area (Å²) in [6.07, 6.45) is 0. The summed E-state index contributed by atoms with van der Waals surface area (Å²) in [6.45, 7) is 4.36. The zero-order valence-electron chi connectivity index (χ0n) is 8.42. The van der Waals surface area contributed by atoms with Gasteiger partial charge in [0.2, 0.25) is 0 Å². The van der Waals surface area contributed by atoms with Crippen LogP contribution in [0, 0.1) is 6.92 Å². The van der Waals surface area contributed by atoms with E-state index >= 15 is 0 Å². The molecule has 2 amide bonds. The maximum atomic E-state index is 11.2. The van der Waals surface area contributed by atoms with Crippen molar-refractivity contribution in [3.63, 3.8) is 0 Å². The number of carbonyl (C=O) groups excluding carboxylic acids is 1. The van der Waals surface area contributed by atoms with Gasteiger partial charge in [0.15, 0.2) is 0 Å². The predicted molar refractivity (Wildman–Crippen MR) is 58.3 cm³/mol. The highest BCUT2D eigenvalue weighted by atomic mass is 16.2. The van der Waals surface area contributed by atoms with Gasteiger partial charge in [-0.1, -0.05) is 12.1 Å². The molecule has 0 radical (unpaired) electrons. The monoisotopic (exact) mass is 193 g/mol. The van der Waals surface area contributed by atoms with E-state index in [0.717, 1.165) is 5.56 Å². The van der Waals surface area contributed by atoms with Gasteiger partial charge in [0.1, 0.15) is 0 Å². The van der Waals surface area contributed by atoms with Crippen molar-refractivity contribution in [1.82, 2.24) is 5.32 Å². The summed E-state index contributed by atoms with van der Waals surface area (Å²) in [7, 11) is 0. The van der Waals surface area contributed by atoms with Gasteiger partial charge in [-0.3, -0.25) is 0 Å². The first kappa shape index (κ1) is 10.4. The van der Waals surface area contributed by atoms with E-state index in [9.17, 15) is 4.79 Å². The summed E-state index contributed by atoms with van der Waals surface area (Å²) in [6, 6.07) is 5.29. The van der Waals surface area contributed by atoms with E-state index in [2.05, 4.69) is 10.6 Å². The smallest absolute Gasteiger partial charge is 0.319 e. The highest BCUT2D eigenvalue weighted by Crippen LogP contribution is 2.21. The van der Waals surface area contributed by atoms with Crippen LogP contribution in [0.25, 0.3) is 0 Å². The number of urea groups is 1. The lowest BCUT2D eigenvalue weighted by molar-refractivity contribution is 0.252.